The maximum Gasteiger partial charge on any atom is 0.220 e. The predicted molar refractivity (Wildman–Crippen MR) is 66.2 cm³/mol. The fourth-order valence-electron chi connectivity index (χ4n) is 2.25. The van der Waals surface area contributed by atoms with E-state index in [1.165, 1.54) is 0 Å². The molecule has 0 saturated heterocycles. The number of nitrogens with two attached hydrogens (primary N) is 1. The third-order valence-corrected chi connectivity index (χ3v) is 2.96. The lowest BCUT2D eigenvalue weighted by molar-refractivity contribution is 0.395. The van der Waals surface area contributed by atoms with Crippen molar-refractivity contribution in [2.75, 3.05) is 5.73 Å². The standard InChI is InChI=1S/C12H13N5/c1-8-11(9-5-6-14-12(13)16-9)17-7-3-2-4-10(17)15-8/h2-8,11H,1H3,(H2,13,14,16). The first-order valence-corrected chi connectivity index (χ1v) is 5.55. The quantitative estimate of drug-likeness (QED) is 0.785. The van der Waals surface area contributed by atoms with Gasteiger partial charge in [-0.2, -0.15) is 0 Å². The average molecular weight is 227 g/mol. The lowest BCUT2D eigenvalue weighted by Gasteiger charge is -2.26. The number of anilines is 1. The molecule has 3 rings (SSSR count). The molecule has 2 N–H and O–H groups in total. The lowest BCUT2D eigenvalue weighted by Crippen LogP contribution is -2.28. The molecule has 2 atom stereocenters. The molecule has 0 saturated carbocycles. The zero-order valence-electron chi connectivity index (χ0n) is 9.49. The highest BCUT2D eigenvalue weighted by Gasteiger charge is 2.34. The van der Waals surface area contributed by atoms with Crippen molar-refractivity contribution >= 4 is 11.8 Å². The monoisotopic (exact) mass is 227 g/mol. The van der Waals surface area contributed by atoms with Gasteiger partial charge in [0, 0.05) is 12.4 Å². The van der Waals surface area contributed by atoms with E-state index in [9.17, 15) is 0 Å². The molecule has 0 bridgehead atoms. The summed E-state index contributed by atoms with van der Waals surface area (Å²) in [6.07, 6.45) is 9.69. The zero-order valence-corrected chi connectivity index (χ0v) is 9.49. The van der Waals surface area contributed by atoms with Crippen LogP contribution in [-0.4, -0.2) is 26.7 Å². The highest BCUT2D eigenvalue weighted by Crippen LogP contribution is 2.32. The van der Waals surface area contributed by atoms with Gasteiger partial charge in [-0.05, 0) is 25.1 Å². The minimum absolute atomic E-state index is 0.108. The van der Waals surface area contributed by atoms with E-state index in [1.54, 1.807) is 6.20 Å². The third-order valence-electron chi connectivity index (χ3n) is 2.96. The van der Waals surface area contributed by atoms with Crippen LogP contribution in [0.5, 0.6) is 0 Å². The summed E-state index contributed by atoms with van der Waals surface area (Å²) in [5.74, 6) is 1.28. The molecule has 0 spiro atoms. The van der Waals surface area contributed by atoms with Gasteiger partial charge in [0.25, 0.3) is 0 Å². The highest BCUT2D eigenvalue weighted by molar-refractivity contribution is 5.96. The second-order valence-electron chi connectivity index (χ2n) is 4.12. The molecule has 0 fully saturated rings. The molecule has 1 aromatic heterocycles. The molecule has 1 aromatic rings. The van der Waals surface area contributed by atoms with E-state index in [4.69, 9.17) is 5.73 Å². The SMILES string of the molecule is CC1N=C2C=CC=CN2C1c1ccnc(N)n1. The predicted octanol–water partition coefficient (Wildman–Crippen LogP) is 1.29. The number of amidine groups is 1. The Morgan fingerprint density at radius 1 is 1.35 bits per heavy atom. The van der Waals surface area contributed by atoms with Crippen LogP contribution in [0.2, 0.25) is 0 Å². The Morgan fingerprint density at radius 3 is 3.06 bits per heavy atom. The Balaban J connectivity index is 2.00. The molecule has 0 amide bonds. The molecule has 2 aliphatic rings. The van der Waals surface area contributed by atoms with E-state index in [1.807, 2.05) is 30.5 Å². The normalized spacial score (nSPS) is 25.9. The maximum atomic E-state index is 5.63. The molecule has 17 heavy (non-hydrogen) atoms. The molecular weight excluding hydrogens is 214 g/mol. The van der Waals surface area contributed by atoms with Gasteiger partial charge >= 0.3 is 0 Å². The van der Waals surface area contributed by atoms with Crippen molar-refractivity contribution < 1.29 is 0 Å². The van der Waals surface area contributed by atoms with Crippen LogP contribution in [0.3, 0.4) is 0 Å². The second-order valence-corrected chi connectivity index (χ2v) is 4.12. The van der Waals surface area contributed by atoms with Crippen LogP contribution in [0.4, 0.5) is 5.95 Å². The molecule has 3 heterocycles. The van der Waals surface area contributed by atoms with E-state index in [-0.39, 0.29) is 12.1 Å². The van der Waals surface area contributed by atoms with Crippen molar-refractivity contribution in [1.82, 2.24) is 14.9 Å². The summed E-state index contributed by atoms with van der Waals surface area (Å²) in [6, 6.07) is 2.16. The van der Waals surface area contributed by atoms with Gasteiger partial charge in [0.05, 0.1) is 17.8 Å². The summed E-state index contributed by atoms with van der Waals surface area (Å²) in [4.78, 5) is 14.9. The molecule has 0 radical (unpaired) electrons. The summed E-state index contributed by atoms with van der Waals surface area (Å²) in [6.45, 7) is 2.08. The van der Waals surface area contributed by atoms with Gasteiger partial charge in [-0.25, -0.2) is 9.97 Å². The highest BCUT2D eigenvalue weighted by atomic mass is 15.3. The maximum absolute atomic E-state index is 5.63. The Hall–Kier alpha value is -2.17. The number of fused-ring (bicyclic) bond motifs is 1. The first-order chi connectivity index (χ1) is 8.25. The van der Waals surface area contributed by atoms with Crippen LogP contribution in [0.15, 0.2) is 41.7 Å². The first-order valence-electron chi connectivity index (χ1n) is 5.55. The van der Waals surface area contributed by atoms with Crippen molar-refractivity contribution in [3.8, 4) is 0 Å². The van der Waals surface area contributed by atoms with Crippen molar-refractivity contribution in [2.45, 2.75) is 19.0 Å². The summed E-state index contributed by atoms with van der Waals surface area (Å²) >= 11 is 0. The molecule has 86 valence electrons. The summed E-state index contributed by atoms with van der Waals surface area (Å²) < 4.78 is 0. The number of rotatable bonds is 1. The van der Waals surface area contributed by atoms with Gasteiger partial charge in [0.2, 0.25) is 5.95 Å². The van der Waals surface area contributed by atoms with Crippen LogP contribution in [0.1, 0.15) is 18.7 Å². The van der Waals surface area contributed by atoms with Crippen LogP contribution in [-0.2, 0) is 0 Å². The van der Waals surface area contributed by atoms with E-state index < -0.39 is 0 Å². The number of nitrogens with zero attached hydrogens (tertiary/aromatic N) is 4. The lowest BCUT2D eigenvalue weighted by atomic mass is 10.1. The summed E-state index contributed by atoms with van der Waals surface area (Å²) in [5, 5.41) is 0. The van der Waals surface area contributed by atoms with E-state index in [0.29, 0.717) is 5.95 Å². The minimum Gasteiger partial charge on any atom is -0.368 e. The molecule has 0 aliphatic carbocycles. The van der Waals surface area contributed by atoms with E-state index in [0.717, 1.165) is 11.5 Å². The molecule has 5 heteroatoms. The molecule has 5 nitrogen and oxygen atoms in total. The molecule has 2 aliphatic heterocycles. The zero-order chi connectivity index (χ0) is 11.8. The fraction of sp³-hybridized carbons (Fsp3) is 0.250. The van der Waals surface area contributed by atoms with Gasteiger partial charge in [0.1, 0.15) is 5.84 Å². The number of allylic oxidation sites excluding steroid dienone is 2. The Morgan fingerprint density at radius 2 is 2.24 bits per heavy atom. The Kier molecular flexibility index (Phi) is 2.18. The van der Waals surface area contributed by atoms with Gasteiger partial charge in [-0.1, -0.05) is 6.08 Å². The summed E-state index contributed by atoms with van der Waals surface area (Å²) in [7, 11) is 0. The van der Waals surface area contributed by atoms with Crippen LogP contribution in [0, 0.1) is 0 Å². The van der Waals surface area contributed by atoms with Crippen LogP contribution in [0.25, 0.3) is 0 Å². The molecule has 2 unspecified atom stereocenters. The molecular formula is C12H13N5. The van der Waals surface area contributed by atoms with Crippen molar-refractivity contribution in [1.29, 1.82) is 0 Å². The first kappa shape index (κ1) is 10.0. The van der Waals surface area contributed by atoms with Crippen LogP contribution < -0.4 is 5.73 Å². The van der Waals surface area contributed by atoms with Gasteiger partial charge in [0.15, 0.2) is 0 Å². The summed E-state index contributed by atoms with van der Waals surface area (Å²) in [5.41, 5.74) is 6.54. The van der Waals surface area contributed by atoms with Gasteiger partial charge in [-0.3, -0.25) is 4.99 Å². The van der Waals surface area contributed by atoms with E-state index in [2.05, 4.69) is 26.8 Å². The third kappa shape index (κ3) is 1.60. The minimum atomic E-state index is 0.108. The van der Waals surface area contributed by atoms with Gasteiger partial charge < -0.3 is 10.6 Å². The Labute approximate surface area is 99.4 Å². The molecule has 0 aromatic carbocycles. The van der Waals surface area contributed by atoms with Crippen molar-refractivity contribution in [3.63, 3.8) is 0 Å². The number of aliphatic imine (C=N–C) groups is 1. The van der Waals surface area contributed by atoms with Crippen LogP contribution >= 0.6 is 0 Å². The number of nitrogen functional groups attached to an aromatic ring is 1. The second kappa shape index (κ2) is 3.69. The average Bonchev–Trinajstić information content (AvgIpc) is 2.64. The van der Waals surface area contributed by atoms with Crippen molar-refractivity contribution in [2.24, 2.45) is 4.99 Å². The van der Waals surface area contributed by atoms with E-state index >= 15 is 0 Å². The fourth-order valence-corrected chi connectivity index (χ4v) is 2.25. The Bertz CT molecular complexity index is 531. The van der Waals surface area contributed by atoms with Crippen molar-refractivity contribution in [3.05, 3.63) is 42.4 Å². The number of hydrogen-bond acceptors (Lipinski definition) is 5. The topological polar surface area (TPSA) is 67.4 Å². The largest absolute Gasteiger partial charge is 0.368 e. The number of aromatic nitrogens is 2. The smallest absolute Gasteiger partial charge is 0.220 e. The van der Waals surface area contributed by atoms with Gasteiger partial charge in [-0.15, -0.1) is 0 Å². The number of hydrogen-bond donors (Lipinski definition) is 1.